The number of hydrogen-bond acceptors (Lipinski definition) is 3. The Kier molecular flexibility index (Phi) is 2.53. The quantitative estimate of drug-likeness (QED) is 0.672. The normalized spacial score (nSPS) is 20.6. The SMILES string of the molecule is Nc1ccc2c(c1)CCC2(O)c1cncc2ccccc12. The zero-order chi connectivity index (χ0) is 14.4. The first kappa shape index (κ1) is 12.4. The molecule has 3 heteroatoms. The number of rotatable bonds is 1. The zero-order valence-corrected chi connectivity index (χ0v) is 11.6. The van der Waals surface area contributed by atoms with E-state index >= 15 is 0 Å². The first-order valence-corrected chi connectivity index (χ1v) is 7.13. The van der Waals surface area contributed by atoms with Crippen LogP contribution in [-0.4, -0.2) is 10.1 Å². The third-order valence-corrected chi connectivity index (χ3v) is 4.44. The van der Waals surface area contributed by atoms with E-state index in [0.717, 1.165) is 39.6 Å². The molecule has 0 amide bonds. The smallest absolute Gasteiger partial charge is 0.117 e. The van der Waals surface area contributed by atoms with E-state index in [1.54, 1.807) is 6.20 Å². The molecule has 0 saturated heterocycles. The molecule has 1 aliphatic rings. The van der Waals surface area contributed by atoms with Crippen LogP contribution in [0.3, 0.4) is 0 Å². The number of aromatic nitrogens is 1. The van der Waals surface area contributed by atoms with Crippen molar-refractivity contribution in [3.63, 3.8) is 0 Å². The maximum atomic E-state index is 11.3. The lowest BCUT2D eigenvalue weighted by atomic mass is 9.86. The molecule has 3 nitrogen and oxygen atoms in total. The van der Waals surface area contributed by atoms with Gasteiger partial charge >= 0.3 is 0 Å². The number of aliphatic hydroxyl groups is 1. The molecule has 3 aromatic rings. The highest BCUT2D eigenvalue weighted by atomic mass is 16.3. The summed E-state index contributed by atoms with van der Waals surface area (Å²) in [4.78, 5) is 4.31. The molecule has 4 rings (SSSR count). The third kappa shape index (κ3) is 1.74. The van der Waals surface area contributed by atoms with E-state index in [4.69, 9.17) is 5.73 Å². The number of hydrogen-bond donors (Lipinski definition) is 2. The van der Waals surface area contributed by atoms with Crippen LogP contribution >= 0.6 is 0 Å². The van der Waals surface area contributed by atoms with Gasteiger partial charge in [0.25, 0.3) is 0 Å². The second-order valence-electron chi connectivity index (χ2n) is 5.69. The van der Waals surface area contributed by atoms with Gasteiger partial charge in [0.2, 0.25) is 0 Å². The maximum Gasteiger partial charge on any atom is 0.117 e. The van der Waals surface area contributed by atoms with Crippen LogP contribution in [0.5, 0.6) is 0 Å². The van der Waals surface area contributed by atoms with Crippen molar-refractivity contribution in [2.45, 2.75) is 18.4 Å². The lowest BCUT2D eigenvalue weighted by molar-refractivity contribution is 0.0842. The molecule has 0 fully saturated rings. The van der Waals surface area contributed by atoms with Crippen LogP contribution in [0.1, 0.15) is 23.1 Å². The van der Waals surface area contributed by atoms with Gasteiger partial charge in [-0.05, 0) is 41.5 Å². The van der Waals surface area contributed by atoms with Gasteiger partial charge in [-0.3, -0.25) is 4.98 Å². The van der Waals surface area contributed by atoms with Crippen LogP contribution in [-0.2, 0) is 12.0 Å². The minimum absolute atomic E-state index is 0.668. The molecule has 21 heavy (non-hydrogen) atoms. The summed E-state index contributed by atoms with van der Waals surface area (Å²) in [7, 11) is 0. The van der Waals surface area contributed by atoms with Gasteiger partial charge in [0.05, 0.1) is 0 Å². The van der Waals surface area contributed by atoms with Gasteiger partial charge in [0.15, 0.2) is 0 Å². The van der Waals surface area contributed by atoms with Crippen molar-refractivity contribution in [3.05, 3.63) is 71.5 Å². The Balaban J connectivity index is 1.98. The van der Waals surface area contributed by atoms with Gasteiger partial charge < -0.3 is 10.8 Å². The number of fused-ring (bicyclic) bond motifs is 2. The van der Waals surface area contributed by atoms with E-state index in [1.807, 2.05) is 48.7 Å². The zero-order valence-electron chi connectivity index (χ0n) is 11.6. The summed E-state index contributed by atoms with van der Waals surface area (Å²) in [6, 6.07) is 13.8. The van der Waals surface area contributed by atoms with E-state index in [1.165, 1.54) is 0 Å². The molecule has 1 atom stereocenters. The van der Waals surface area contributed by atoms with Crippen molar-refractivity contribution in [1.29, 1.82) is 0 Å². The third-order valence-electron chi connectivity index (χ3n) is 4.44. The second kappa shape index (κ2) is 4.30. The Labute approximate surface area is 123 Å². The molecule has 0 spiro atoms. The average Bonchev–Trinajstić information content (AvgIpc) is 2.84. The summed E-state index contributed by atoms with van der Waals surface area (Å²) in [5.74, 6) is 0. The molecular weight excluding hydrogens is 260 g/mol. The predicted octanol–water partition coefficient (Wildman–Crippen LogP) is 3.00. The first-order valence-electron chi connectivity index (χ1n) is 7.13. The number of nitrogens with two attached hydrogens (primary N) is 1. The summed E-state index contributed by atoms with van der Waals surface area (Å²) in [6.07, 6.45) is 5.12. The first-order chi connectivity index (χ1) is 10.2. The van der Waals surface area contributed by atoms with Crippen LogP contribution in [0.4, 0.5) is 5.69 Å². The molecule has 0 saturated carbocycles. The van der Waals surface area contributed by atoms with Gasteiger partial charge in [-0.15, -0.1) is 0 Å². The van der Waals surface area contributed by atoms with Gasteiger partial charge in [0, 0.05) is 29.0 Å². The lowest BCUT2D eigenvalue weighted by Gasteiger charge is -2.26. The molecule has 1 aromatic heterocycles. The molecule has 0 radical (unpaired) electrons. The van der Waals surface area contributed by atoms with Crippen LogP contribution in [0, 0.1) is 0 Å². The molecule has 0 aliphatic heterocycles. The van der Waals surface area contributed by atoms with E-state index in [0.29, 0.717) is 6.42 Å². The number of pyridine rings is 1. The van der Waals surface area contributed by atoms with Crippen molar-refractivity contribution in [2.75, 3.05) is 5.73 Å². The Bertz CT molecular complexity index is 838. The van der Waals surface area contributed by atoms with Gasteiger partial charge in [-0.2, -0.15) is 0 Å². The molecule has 2 aromatic carbocycles. The molecule has 3 N–H and O–H groups in total. The fraction of sp³-hybridized carbons (Fsp3) is 0.167. The number of nitrogen functional groups attached to an aromatic ring is 1. The van der Waals surface area contributed by atoms with E-state index in [-0.39, 0.29) is 0 Å². The van der Waals surface area contributed by atoms with E-state index in [2.05, 4.69) is 4.98 Å². The maximum absolute atomic E-state index is 11.3. The number of anilines is 1. The molecule has 1 aliphatic carbocycles. The molecule has 1 heterocycles. The molecule has 104 valence electrons. The monoisotopic (exact) mass is 276 g/mol. The van der Waals surface area contributed by atoms with Crippen LogP contribution in [0.15, 0.2) is 54.9 Å². The fourth-order valence-corrected chi connectivity index (χ4v) is 3.40. The van der Waals surface area contributed by atoms with Crippen molar-refractivity contribution < 1.29 is 5.11 Å². The summed E-state index contributed by atoms with van der Waals surface area (Å²) >= 11 is 0. The largest absolute Gasteiger partial charge is 0.399 e. The Morgan fingerprint density at radius 3 is 2.81 bits per heavy atom. The fourth-order valence-electron chi connectivity index (χ4n) is 3.40. The van der Waals surface area contributed by atoms with Crippen molar-refractivity contribution in [1.82, 2.24) is 4.98 Å². The number of nitrogens with zero attached hydrogens (tertiary/aromatic N) is 1. The summed E-state index contributed by atoms with van der Waals surface area (Å²) in [5, 5.41) is 13.4. The average molecular weight is 276 g/mol. The highest BCUT2D eigenvalue weighted by molar-refractivity contribution is 5.86. The number of benzene rings is 2. The van der Waals surface area contributed by atoms with Crippen molar-refractivity contribution in [3.8, 4) is 0 Å². The van der Waals surface area contributed by atoms with E-state index < -0.39 is 5.60 Å². The Morgan fingerprint density at radius 1 is 1.05 bits per heavy atom. The number of aryl methyl sites for hydroxylation is 1. The van der Waals surface area contributed by atoms with Crippen molar-refractivity contribution in [2.24, 2.45) is 0 Å². The minimum Gasteiger partial charge on any atom is -0.399 e. The van der Waals surface area contributed by atoms with Crippen LogP contribution < -0.4 is 5.73 Å². The van der Waals surface area contributed by atoms with Crippen LogP contribution in [0.25, 0.3) is 10.8 Å². The Hall–Kier alpha value is -2.39. The second-order valence-corrected chi connectivity index (χ2v) is 5.69. The highest BCUT2D eigenvalue weighted by Crippen LogP contribution is 2.44. The topological polar surface area (TPSA) is 59.1 Å². The van der Waals surface area contributed by atoms with Gasteiger partial charge in [0.1, 0.15) is 5.60 Å². The molecule has 0 bridgehead atoms. The summed E-state index contributed by atoms with van der Waals surface area (Å²) < 4.78 is 0. The lowest BCUT2D eigenvalue weighted by Crippen LogP contribution is -2.24. The van der Waals surface area contributed by atoms with Gasteiger partial charge in [-0.25, -0.2) is 0 Å². The Morgan fingerprint density at radius 2 is 1.90 bits per heavy atom. The van der Waals surface area contributed by atoms with Crippen LogP contribution in [0.2, 0.25) is 0 Å². The summed E-state index contributed by atoms with van der Waals surface area (Å²) in [6.45, 7) is 0. The standard InChI is InChI=1S/C18H16N2O/c19-14-5-6-16-12(9-14)7-8-18(16,21)17-11-20-10-13-3-1-2-4-15(13)17/h1-6,9-11,21H,7-8,19H2. The highest BCUT2D eigenvalue weighted by Gasteiger charge is 2.39. The predicted molar refractivity (Wildman–Crippen MR) is 83.9 cm³/mol. The van der Waals surface area contributed by atoms with Gasteiger partial charge in [-0.1, -0.05) is 30.3 Å². The molecular formula is C18H16N2O. The molecule has 1 unspecified atom stereocenters. The van der Waals surface area contributed by atoms with Crippen molar-refractivity contribution >= 4 is 16.5 Å². The minimum atomic E-state index is -0.975. The van der Waals surface area contributed by atoms with E-state index in [9.17, 15) is 5.11 Å². The summed E-state index contributed by atoms with van der Waals surface area (Å²) in [5.41, 5.74) is 8.59.